The molecule has 2 unspecified atom stereocenters. The second-order valence-corrected chi connectivity index (χ2v) is 12.4. The second-order valence-electron chi connectivity index (χ2n) is 10.5. The van der Waals surface area contributed by atoms with Crippen molar-refractivity contribution in [3.05, 3.63) is 60.0 Å². The number of carbonyl (C=O) groups is 3. The van der Waals surface area contributed by atoms with Gasteiger partial charge in [0.1, 0.15) is 11.6 Å². The van der Waals surface area contributed by atoms with Crippen LogP contribution in [-0.4, -0.2) is 60.5 Å². The second kappa shape index (κ2) is 11.7. The number of ketones is 1. The van der Waals surface area contributed by atoms with E-state index >= 15 is 0 Å². The van der Waals surface area contributed by atoms with E-state index in [1.54, 1.807) is 25.1 Å². The number of para-hydroxylation sites is 1. The molecule has 39 heavy (non-hydrogen) atoms. The van der Waals surface area contributed by atoms with Gasteiger partial charge < -0.3 is 15.1 Å². The van der Waals surface area contributed by atoms with E-state index < -0.39 is 39.7 Å². The lowest BCUT2D eigenvalue weighted by molar-refractivity contribution is -0.129. The largest absolute Gasteiger partial charge is 0.451 e. The summed E-state index contributed by atoms with van der Waals surface area (Å²) < 4.78 is 33.1. The van der Waals surface area contributed by atoms with Crippen molar-refractivity contribution in [2.24, 2.45) is 11.8 Å². The van der Waals surface area contributed by atoms with Crippen molar-refractivity contribution < 1.29 is 27.2 Å². The molecule has 0 spiro atoms. The summed E-state index contributed by atoms with van der Waals surface area (Å²) in [6.45, 7) is 7.21. The summed E-state index contributed by atoms with van der Waals surface area (Å²) in [5.74, 6) is -1.45. The van der Waals surface area contributed by atoms with Crippen LogP contribution in [0.25, 0.3) is 11.0 Å². The third-order valence-corrected chi connectivity index (χ3v) is 8.54. The molecule has 2 N–H and O–H groups in total. The number of furan rings is 1. The Bertz CT molecular complexity index is 1470. The molecule has 4 rings (SSSR count). The summed E-state index contributed by atoms with van der Waals surface area (Å²) in [4.78, 5) is 43.6. The van der Waals surface area contributed by atoms with E-state index in [9.17, 15) is 22.8 Å². The topological polar surface area (TPSA) is 139 Å². The van der Waals surface area contributed by atoms with Crippen LogP contribution in [-0.2, 0) is 19.6 Å². The first-order valence-electron chi connectivity index (χ1n) is 13.0. The average molecular weight is 555 g/mol. The Morgan fingerprint density at radius 3 is 2.54 bits per heavy atom. The number of aryl methyl sites for hydroxylation is 1. The molecule has 1 saturated heterocycles. The Kier molecular flexibility index (Phi) is 8.51. The molecule has 3 atom stereocenters. The molecule has 2 aromatic heterocycles. The van der Waals surface area contributed by atoms with Crippen LogP contribution in [0.3, 0.4) is 0 Å². The van der Waals surface area contributed by atoms with Crippen LogP contribution in [0.2, 0.25) is 0 Å². The van der Waals surface area contributed by atoms with Gasteiger partial charge in [-0.25, -0.2) is 13.4 Å². The normalized spacial score (nSPS) is 19.6. The smallest absolute Gasteiger partial charge is 0.287 e. The summed E-state index contributed by atoms with van der Waals surface area (Å²) >= 11 is 0. The molecule has 0 aliphatic carbocycles. The van der Waals surface area contributed by atoms with Crippen molar-refractivity contribution in [3.8, 4) is 0 Å². The van der Waals surface area contributed by atoms with Crippen molar-refractivity contribution in [2.75, 3.05) is 13.1 Å². The number of rotatable bonds is 8. The van der Waals surface area contributed by atoms with E-state index in [0.717, 1.165) is 9.69 Å². The van der Waals surface area contributed by atoms with Gasteiger partial charge in [0.05, 0.1) is 12.6 Å². The maximum Gasteiger partial charge on any atom is 0.287 e. The molecule has 1 aromatic carbocycles. The molecule has 11 heteroatoms. The predicted molar refractivity (Wildman–Crippen MR) is 145 cm³/mol. The van der Waals surface area contributed by atoms with E-state index in [1.165, 1.54) is 12.3 Å². The first-order chi connectivity index (χ1) is 18.5. The number of aromatic nitrogens is 1. The molecular weight excluding hydrogens is 520 g/mol. The number of pyridine rings is 1. The van der Waals surface area contributed by atoms with Crippen molar-refractivity contribution >= 4 is 38.6 Å². The van der Waals surface area contributed by atoms with E-state index in [-0.39, 0.29) is 42.1 Å². The standard InChI is InChI=1S/C28H34N4O6S/c1-17(2)13-22(31-28(35)26-19(4)20-9-5-6-10-24(20)38-26)27(34)30-21-14-18(3)15-32(16-23(21)33)39(36,37)25-11-7-8-12-29-25/h5-12,17-18,21-22H,13-16H2,1-4H3,(H,30,34)(H,31,35)/t18?,21?,22-/m0/s1. The molecule has 3 heterocycles. The Balaban J connectivity index is 1.49. The molecule has 1 aliphatic heterocycles. The van der Waals surface area contributed by atoms with Gasteiger partial charge in [-0.3, -0.25) is 14.4 Å². The monoisotopic (exact) mass is 554 g/mol. The minimum atomic E-state index is -3.98. The molecule has 3 aromatic rings. The number of hydrogen-bond donors (Lipinski definition) is 2. The number of fused-ring (bicyclic) bond motifs is 1. The van der Waals surface area contributed by atoms with Gasteiger partial charge in [-0.2, -0.15) is 4.31 Å². The van der Waals surface area contributed by atoms with Gasteiger partial charge in [-0.1, -0.05) is 45.0 Å². The van der Waals surface area contributed by atoms with Gasteiger partial charge in [0, 0.05) is 23.7 Å². The number of nitrogens with one attached hydrogen (secondary N) is 2. The Labute approximate surface area is 228 Å². The molecule has 0 bridgehead atoms. The molecule has 2 amide bonds. The fourth-order valence-electron chi connectivity index (χ4n) is 4.85. The number of hydrogen-bond acceptors (Lipinski definition) is 7. The van der Waals surface area contributed by atoms with Crippen LogP contribution in [0.5, 0.6) is 0 Å². The fraction of sp³-hybridized carbons (Fsp3) is 0.429. The Morgan fingerprint density at radius 2 is 1.87 bits per heavy atom. The van der Waals surface area contributed by atoms with Gasteiger partial charge in [0.15, 0.2) is 16.6 Å². The zero-order chi connectivity index (χ0) is 28.3. The Hall–Kier alpha value is -3.57. The molecule has 10 nitrogen and oxygen atoms in total. The average Bonchev–Trinajstić information content (AvgIpc) is 3.16. The molecule has 0 saturated carbocycles. The zero-order valence-corrected chi connectivity index (χ0v) is 23.3. The van der Waals surface area contributed by atoms with Gasteiger partial charge in [-0.15, -0.1) is 0 Å². The van der Waals surface area contributed by atoms with Crippen LogP contribution in [0, 0.1) is 18.8 Å². The zero-order valence-electron chi connectivity index (χ0n) is 22.5. The highest BCUT2D eigenvalue weighted by molar-refractivity contribution is 7.89. The summed E-state index contributed by atoms with van der Waals surface area (Å²) in [5.41, 5.74) is 1.25. The number of carbonyl (C=O) groups excluding carboxylic acids is 3. The molecule has 1 fully saturated rings. The quantitative estimate of drug-likeness (QED) is 0.436. The predicted octanol–water partition coefficient (Wildman–Crippen LogP) is 3.07. The van der Waals surface area contributed by atoms with Gasteiger partial charge in [0.2, 0.25) is 5.91 Å². The van der Waals surface area contributed by atoms with Crippen LogP contribution in [0.15, 0.2) is 58.1 Å². The molecule has 1 aliphatic rings. The highest BCUT2D eigenvalue weighted by Gasteiger charge is 2.37. The van der Waals surface area contributed by atoms with Crippen LogP contribution >= 0.6 is 0 Å². The summed E-state index contributed by atoms with van der Waals surface area (Å²) in [6, 6.07) is 10.1. The molecular formula is C28H34N4O6S. The van der Waals surface area contributed by atoms with Crippen molar-refractivity contribution in [1.82, 2.24) is 19.9 Å². The number of Topliss-reactive ketones (excluding diaryl/α,β-unsaturated/α-hetero) is 1. The SMILES string of the molecule is Cc1c(C(=O)N[C@@H](CC(C)C)C(=O)NC2CC(C)CN(S(=O)(=O)c3ccccn3)CC2=O)oc2ccccc12. The van der Waals surface area contributed by atoms with Crippen molar-refractivity contribution in [1.29, 1.82) is 0 Å². The minimum absolute atomic E-state index is 0.0700. The number of sulfonamides is 1. The lowest BCUT2D eigenvalue weighted by Crippen LogP contribution is -2.52. The third-order valence-electron chi connectivity index (χ3n) is 6.81. The number of nitrogens with zero attached hydrogens (tertiary/aromatic N) is 2. The fourth-order valence-corrected chi connectivity index (χ4v) is 6.31. The first-order valence-corrected chi connectivity index (χ1v) is 14.4. The van der Waals surface area contributed by atoms with E-state index in [2.05, 4.69) is 15.6 Å². The van der Waals surface area contributed by atoms with E-state index in [0.29, 0.717) is 17.6 Å². The Morgan fingerprint density at radius 1 is 1.15 bits per heavy atom. The van der Waals surface area contributed by atoms with E-state index in [1.807, 2.05) is 39.0 Å². The van der Waals surface area contributed by atoms with Crippen LogP contribution in [0.1, 0.15) is 49.7 Å². The molecule has 208 valence electrons. The summed E-state index contributed by atoms with van der Waals surface area (Å²) in [6.07, 6.45) is 1.99. The van der Waals surface area contributed by atoms with Crippen LogP contribution < -0.4 is 10.6 Å². The van der Waals surface area contributed by atoms with E-state index in [4.69, 9.17) is 4.42 Å². The van der Waals surface area contributed by atoms with Gasteiger partial charge in [-0.05, 0) is 49.8 Å². The maximum atomic E-state index is 13.4. The molecule has 0 radical (unpaired) electrons. The lowest BCUT2D eigenvalue weighted by atomic mass is 9.98. The van der Waals surface area contributed by atoms with Crippen molar-refractivity contribution in [2.45, 2.75) is 57.6 Å². The lowest BCUT2D eigenvalue weighted by Gasteiger charge is -2.23. The maximum absolute atomic E-state index is 13.4. The van der Waals surface area contributed by atoms with Gasteiger partial charge >= 0.3 is 0 Å². The highest BCUT2D eigenvalue weighted by atomic mass is 32.2. The summed E-state index contributed by atoms with van der Waals surface area (Å²) in [5, 5.41) is 6.25. The highest BCUT2D eigenvalue weighted by Crippen LogP contribution is 2.25. The van der Waals surface area contributed by atoms with Crippen LogP contribution in [0.4, 0.5) is 0 Å². The number of amides is 2. The summed E-state index contributed by atoms with van der Waals surface area (Å²) in [7, 11) is -3.98. The minimum Gasteiger partial charge on any atom is -0.451 e. The first kappa shape index (κ1) is 28.4. The number of benzene rings is 1. The third kappa shape index (κ3) is 6.36. The van der Waals surface area contributed by atoms with Gasteiger partial charge in [0.25, 0.3) is 15.9 Å². The van der Waals surface area contributed by atoms with Crippen molar-refractivity contribution in [3.63, 3.8) is 0 Å².